The number of benzene rings is 3. The molecule has 0 amide bonds. The second-order valence-electron chi connectivity index (χ2n) is 11.3. The van der Waals surface area contributed by atoms with Crippen LogP contribution < -0.4 is 15.4 Å². The molecule has 0 radical (unpaired) electrons. The molecule has 0 bridgehead atoms. The fourth-order valence-corrected chi connectivity index (χ4v) is 6.19. The van der Waals surface area contributed by atoms with Crippen molar-refractivity contribution < 1.29 is 13.9 Å². The minimum atomic E-state index is -0.586. The van der Waals surface area contributed by atoms with Gasteiger partial charge >= 0.3 is 0 Å². The van der Waals surface area contributed by atoms with Gasteiger partial charge in [-0.15, -0.1) is 0 Å². The van der Waals surface area contributed by atoms with E-state index < -0.39 is 5.92 Å². The molecule has 0 aromatic heterocycles. The van der Waals surface area contributed by atoms with Crippen molar-refractivity contribution in [3.05, 3.63) is 116 Å². The summed E-state index contributed by atoms with van der Waals surface area (Å²) in [6.45, 7) is 8.44. The molecule has 204 valence electrons. The van der Waals surface area contributed by atoms with Gasteiger partial charge in [-0.25, -0.2) is 4.39 Å². The first-order valence-electron chi connectivity index (χ1n) is 13.2. The maximum atomic E-state index is 13.9. The smallest absolute Gasteiger partial charge is 0.162 e. The van der Waals surface area contributed by atoms with Crippen LogP contribution in [0.15, 0.2) is 87.8 Å². The number of aryl methyl sites for hydroxylation is 2. The quantitative estimate of drug-likeness (QED) is 0.324. The van der Waals surface area contributed by atoms with Crippen LogP contribution in [0.4, 0.5) is 10.1 Å². The van der Waals surface area contributed by atoms with Crippen LogP contribution in [-0.2, 0) is 11.4 Å². The Morgan fingerprint density at radius 1 is 1.10 bits per heavy atom. The molecule has 2 aliphatic rings. The molecular weight excluding hydrogens is 569 g/mol. The van der Waals surface area contributed by atoms with Gasteiger partial charge in [-0.1, -0.05) is 48.0 Å². The van der Waals surface area contributed by atoms with E-state index in [0.29, 0.717) is 35.6 Å². The van der Waals surface area contributed by atoms with E-state index in [1.165, 1.54) is 12.1 Å². The van der Waals surface area contributed by atoms with Crippen molar-refractivity contribution in [2.45, 2.75) is 53.1 Å². The predicted molar refractivity (Wildman–Crippen MR) is 158 cm³/mol. The first-order chi connectivity index (χ1) is 19.0. The van der Waals surface area contributed by atoms with Gasteiger partial charge < -0.3 is 10.5 Å². The molecule has 5 nitrogen and oxygen atoms in total. The van der Waals surface area contributed by atoms with E-state index in [2.05, 4.69) is 41.9 Å². The molecule has 5 rings (SSSR count). The average molecular weight is 601 g/mol. The van der Waals surface area contributed by atoms with Crippen LogP contribution in [0.5, 0.6) is 5.75 Å². The number of carbonyl (C=O) groups is 1. The Labute approximate surface area is 242 Å². The highest BCUT2D eigenvalue weighted by Crippen LogP contribution is 2.51. The fourth-order valence-electron chi connectivity index (χ4n) is 5.80. The molecule has 1 aliphatic carbocycles. The summed E-state index contributed by atoms with van der Waals surface area (Å²) in [5.41, 5.74) is 12.9. The number of nitrogens with zero attached hydrogens (tertiary/aromatic N) is 2. The summed E-state index contributed by atoms with van der Waals surface area (Å²) in [6.07, 6.45) is 1.03. The zero-order chi connectivity index (χ0) is 28.8. The first-order valence-corrected chi connectivity index (χ1v) is 14.0. The van der Waals surface area contributed by atoms with Gasteiger partial charge in [-0.05, 0) is 90.4 Å². The number of nitrogens with two attached hydrogens (primary N) is 1. The van der Waals surface area contributed by atoms with Gasteiger partial charge in [0.1, 0.15) is 24.0 Å². The van der Waals surface area contributed by atoms with E-state index >= 15 is 0 Å². The molecule has 1 aliphatic heterocycles. The lowest BCUT2D eigenvalue weighted by Gasteiger charge is -2.44. The van der Waals surface area contributed by atoms with Gasteiger partial charge in [-0.3, -0.25) is 9.69 Å². The van der Waals surface area contributed by atoms with E-state index in [1.54, 1.807) is 12.1 Å². The van der Waals surface area contributed by atoms with Gasteiger partial charge in [0.15, 0.2) is 5.78 Å². The lowest BCUT2D eigenvalue weighted by Crippen LogP contribution is -2.42. The Bertz CT molecular complexity index is 1620. The Hall–Kier alpha value is -3.89. The summed E-state index contributed by atoms with van der Waals surface area (Å²) in [5.74, 6) is 0.00617. The lowest BCUT2D eigenvalue weighted by molar-refractivity contribution is -0.118. The molecule has 3 aromatic carbocycles. The number of ether oxygens (including phenoxy) is 1. The van der Waals surface area contributed by atoms with E-state index in [1.807, 2.05) is 49.1 Å². The molecule has 0 saturated heterocycles. The Balaban J connectivity index is 1.66. The van der Waals surface area contributed by atoms with Crippen molar-refractivity contribution in [3.63, 3.8) is 0 Å². The Morgan fingerprint density at radius 3 is 2.50 bits per heavy atom. The van der Waals surface area contributed by atoms with Crippen LogP contribution in [0.25, 0.3) is 0 Å². The monoisotopic (exact) mass is 599 g/mol. The molecule has 1 atom stereocenters. The van der Waals surface area contributed by atoms with Crippen LogP contribution in [-0.4, -0.2) is 5.78 Å². The molecular formula is C33H31BrFN3O2. The topological polar surface area (TPSA) is 79.4 Å². The number of halogens is 2. The standard InChI is InChI=1S/C33H31BrFN3O2/c1-19-12-20(2)26(13-21(19)18-40-25-10-8-23(35)9-11-25)30-27(17-36)32(37)38(24-7-5-6-22(34)14-24)28-15-33(3,4)16-29(39)31(28)30/h5-14,30H,15-16,18,37H2,1-4H3. The zero-order valence-electron chi connectivity index (χ0n) is 23.0. The number of hydrogen-bond donors (Lipinski definition) is 1. The highest BCUT2D eigenvalue weighted by molar-refractivity contribution is 9.10. The number of hydrogen-bond acceptors (Lipinski definition) is 5. The third-order valence-electron chi connectivity index (χ3n) is 7.69. The van der Waals surface area contributed by atoms with Crippen molar-refractivity contribution in [1.82, 2.24) is 0 Å². The first kappa shape index (κ1) is 27.7. The van der Waals surface area contributed by atoms with Gasteiger partial charge in [0.25, 0.3) is 0 Å². The summed E-state index contributed by atoms with van der Waals surface area (Å²) in [7, 11) is 0. The van der Waals surface area contributed by atoms with E-state index in [0.717, 1.165) is 38.1 Å². The van der Waals surface area contributed by atoms with Crippen LogP contribution in [0, 0.1) is 36.4 Å². The highest BCUT2D eigenvalue weighted by Gasteiger charge is 2.45. The second kappa shape index (κ2) is 10.6. The summed E-state index contributed by atoms with van der Waals surface area (Å²) < 4.78 is 20.2. The average Bonchev–Trinajstić information content (AvgIpc) is 2.88. The number of nitriles is 1. The van der Waals surface area contributed by atoms with Gasteiger partial charge in [0.05, 0.1) is 17.6 Å². The number of carbonyl (C=O) groups excluding carboxylic acids is 1. The van der Waals surface area contributed by atoms with Crippen molar-refractivity contribution in [1.29, 1.82) is 5.26 Å². The Kier molecular flexibility index (Phi) is 7.32. The molecule has 3 aromatic rings. The number of Topliss-reactive ketones (excluding diaryl/α,β-unsaturated/α-hetero) is 1. The molecule has 1 unspecified atom stereocenters. The van der Waals surface area contributed by atoms with Crippen LogP contribution >= 0.6 is 15.9 Å². The normalized spacial score (nSPS) is 18.5. The molecule has 0 spiro atoms. The fraction of sp³-hybridized carbons (Fsp3) is 0.273. The van der Waals surface area contributed by atoms with Crippen molar-refractivity contribution in [2.75, 3.05) is 4.90 Å². The number of rotatable bonds is 5. The lowest BCUT2D eigenvalue weighted by atomic mass is 9.68. The molecule has 2 N–H and O–H groups in total. The van der Waals surface area contributed by atoms with Crippen molar-refractivity contribution in [2.24, 2.45) is 11.1 Å². The second-order valence-corrected chi connectivity index (χ2v) is 12.3. The largest absolute Gasteiger partial charge is 0.489 e. The van der Waals surface area contributed by atoms with E-state index in [9.17, 15) is 14.4 Å². The molecule has 7 heteroatoms. The maximum absolute atomic E-state index is 13.9. The Morgan fingerprint density at radius 2 is 1.82 bits per heavy atom. The van der Waals surface area contributed by atoms with Crippen molar-refractivity contribution >= 4 is 27.4 Å². The van der Waals surface area contributed by atoms with Gasteiger partial charge in [0.2, 0.25) is 0 Å². The number of ketones is 1. The highest BCUT2D eigenvalue weighted by atomic mass is 79.9. The summed E-state index contributed by atoms with van der Waals surface area (Å²) in [6, 6.07) is 20.1. The predicted octanol–water partition coefficient (Wildman–Crippen LogP) is 7.72. The SMILES string of the molecule is Cc1cc(C)c(C2C(C#N)=C(N)N(c3cccc(Br)c3)C3=C2C(=O)CC(C)(C)C3)cc1COc1ccc(F)cc1. The van der Waals surface area contributed by atoms with E-state index in [4.69, 9.17) is 10.5 Å². The number of allylic oxidation sites excluding steroid dienone is 3. The maximum Gasteiger partial charge on any atom is 0.162 e. The summed E-state index contributed by atoms with van der Waals surface area (Å²) in [5, 5.41) is 10.5. The molecule has 1 heterocycles. The van der Waals surface area contributed by atoms with Crippen LogP contribution in [0.3, 0.4) is 0 Å². The third-order valence-corrected chi connectivity index (χ3v) is 8.18. The van der Waals surface area contributed by atoms with Crippen LogP contribution in [0.2, 0.25) is 0 Å². The van der Waals surface area contributed by atoms with E-state index in [-0.39, 0.29) is 23.6 Å². The molecule has 40 heavy (non-hydrogen) atoms. The number of anilines is 1. The molecule has 0 saturated carbocycles. The molecule has 0 fully saturated rings. The summed E-state index contributed by atoms with van der Waals surface area (Å²) in [4.78, 5) is 15.8. The zero-order valence-corrected chi connectivity index (χ0v) is 24.6. The third kappa shape index (κ3) is 5.16. The minimum Gasteiger partial charge on any atom is -0.489 e. The van der Waals surface area contributed by atoms with Gasteiger partial charge in [0, 0.05) is 27.9 Å². The van der Waals surface area contributed by atoms with Gasteiger partial charge in [-0.2, -0.15) is 5.26 Å². The minimum absolute atomic E-state index is 0.0283. The van der Waals surface area contributed by atoms with Crippen LogP contribution in [0.1, 0.15) is 54.9 Å². The summed E-state index contributed by atoms with van der Waals surface area (Å²) >= 11 is 3.55. The van der Waals surface area contributed by atoms with Crippen molar-refractivity contribution in [3.8, 4) is 11.8 Å².